The van der Waals surface area contributed by atoms with Crippen molar-refractivity contribution in [2.24, 2.45) is 5.92 Å². The van der Waals surface area contributed by atoms with Crippen LogP contribution >= 0.6 is 0 Å². The Hall–Kier alpha value is -2.15. The molecule has 1 aromatic rings. The molecule has 136 valence electrons. The molecule has 1 fully saturated rings. The van der Waals surface area contributed by atoms with Crippen molar-refractivity contribution in [3.8, 4) is 0 Å². The van der Waals surface area contributed by atoms with Gasteiger partial charge in [-0.15, -0.1) is 0 Å². The number of carbonyl (C=O) groups is 2. The minimum atomic E-state index is -0.198. The molecule has 0 aliphatic carbocycles. The fraction of sp³-hybridized carbons (Fsp3) is 0.611. The first-order valence-corrected chi connectivity index (χ1v) is 8.74. The quantitative estimate of drug-likeness (QED) is 0.832. The lowest BCUT2D eigenvalue weighted by Crippen LogP contribution is -2.51. The monoisotopic (exact) mass is 346 g/mol. The summed E-state index contributed by atoms with van der Waals surface area (Å²) in [7, 11) is 3.91. The fourth-order valence-electron chi connectivity index (χ4n) is 3.97. The molecule has 1 saturated heterocycles. The Morgan fingerprint density at radius 2 is 2.00 bits per heavy atom. The molecule has 0 spiro atoms. The van der Waals surface area contributed by atoms with Crippen molar-refractivity contribution >= 4 is 11.8 Å². The highest BCUT2D eigenvalue weighted by Gasteiger charge is 2.36. The second kappa shape index (κ2) is 7.00. The van der Waals surface area contributed by atoms with Gasteiger partial charge in [-0.3, -0.25) is 14.4 Å². The third kappa shape index (κ3) is 3.76. The third-order valence-corrected chi connectivity index (χ3v) is 5.01. The third-order valence-electron chi connectivity index (χ3n) is 5.01. The van der Waals surface area contributed by atoms with Gasteiger partial charge < -0.3 is 19.7 Å². The van der Waals surface area contributed by atoms with E-state index in [-0.39, 0.29) is 29.8 Å². The topological polar surface area (TPSA) is 74.7 Å². The van der Waals surface area contributed by atoms with Crippen molar-refractivity contribution in [2.45, 2.75) is 32.4 Å². The minimum absolute atomic E-state index is 0.0450. The van der Waals surface area contributed by atoms with Crippen LogP contribution in [0.2, 0.25) is 0 Å². The molecular formula is C18H26N4O3. The maximum Gasteiger partial charge on any atom is 0.255 e. The first kappa shape index (κ1) is 17.7. The van der Waals surface area contributed by atoms with Crippen molar-refractivity contribution in [2.75, 3.05) is 33.7 Å². The Balaban J connectivity index is 1.79. The van der Waals surface area contributed by atoms with E-state index in [0.717, 1.165) is 17.7 Å². The molecule has 1 aromatic heterocycles. The highest BCUT2D eigenvalue weighted by molar-refractivity contribution is 5.83. The van der Waals surface area contributed by atoms with Gasteiger partial charge in [0.2, 0.25) is 11.8 Å². The molecule has 7 heteroatoms. The molecule has 0 aromatic carbocycles. The van der Waals surface area contributed by atoms with E-state index in [2.05, 4.69) is 5.32 Å². The molecule has 25 heavy (non-hydrogen) atoms. The number of piperidine rings is 1. The van der Waals surface area contributed by atoms with Crippen LogP contribution in [0.1, 0.15) is 30.5 Å². The Labute approximate surface area is 147 Å². The van der Waals surface area contributed by atoms with Crippen molar-refractivity contribution in [1.29, 1.82) is 0 Å². The predicted molar refractivity (Wildman–Crippen MR) is 94.2 cm³/mol. The average Bonchev–Trinajstić information content (AvgIpc) is 2.55. The molecule has 7 nitrogen and oxygen atoms in total. The zero-order valence-corrected chi connectivity index (χ0v) is 15.1. The number of amides is 2. The van der Waals surface area contributed by atoms with E-state index in [1.165, 1.54) is 6.92 Å². The van der Waals surface area contributed by atoms with Crippen LogP contribution in [0.25, 0.3) is 0 Å². The second-order valence-corrected chi connectivity index (χ2v) is 7.44. The summed E-state index contributed by atoms with van der Waals surface area (Å²) >= 11 is 0. The Morgan fingerprint density at radius 1 is 1.24 bits per heavy atom. The number of nitrogens with one attached hydrogen (secondary N) is 1. The molecule has 0 unspecified atom stereocenters. The SMILES string of the molecule is CC(=O)NCC(=O)N1C[C@@H]2C[C@H](C1)c1ccc(CN(C)C)c(=O)n1C2. The highest BCUT2D eigenvalue weighted by atomic mass is 16.2. The van der Waals surface area contributed by atoms with Crippen LogP contribution in [0, 0.1) is 5.92 Å². The van der Waals surface area contributed by atoms with Gasteiger partial charge in [0, 0.05) is 50.3 Å². The number of aromatic nitrogens is 1. The summed E-state index contributed by atoms with van der Waals surface area (Å²) in [5.74, 6) is 0.232. The summed E-state index contributed by atoms with van der Waals surface area (Å²) < 4.78 is 1.91. The summed E-state index contributed by atoms with van der Waals surface area (Å²) in [5, 5.41) is 2.57. The van der Waals surface area contributed by atoms with Crippen LogP contribution in [-0.2, 0) is 22.7 Å². The lowest BCUT2D eigenvalue weighted by molar-refractivity contribution is -0.134. The Kier molecular flexibility index (Phi) is 4.94. The molecule has 2 bridgehead atoms. The number of fused-ring (bicyclic) bond motifs is 4. The van der Waals surface area contributed by atoms with E-state index in [9.17, 15) is 14.4 Å². The number of likely N-dealkylation sites (tertiary alicyclic amines) is 1. The molecule has 2 amide bonds. The number of nitrogens with zero attached hydrogens (tertiary/aromatic N) is 3. The Morgan fingerprint density at radius 3 is 2.68 bits per heavy atom. The van der Waals surface area contributed by atoms with Crippen molar-refractivity contribution in [1.82, 2.24) is 19.7 Å². The highest BCUT2D eigenvalue weighted by Crippen LogP contribution is 2.35. The number of carbonyl (C=O) groups excluding carboxylic acids is 2. The van der Waals surface area contributed by atoms with Gasteiger partial charge in [-0.1, -0.05) is 6.07 Å². The zero-order valence-electron chi connectivity index (χ0n) is 15.1. The van der Waals surface area contributed by atoms with E-state index < -0.39 is 0 Å². The molecular weight excluding hydrogens is 320 g/mol. The number of rotatable bonds is 4. The second-order valence-electron chi connectivity index (χ2n) is 7.44. The smallest absolute Gasteiger partial charge is 0.255 e. The predicted octanol–water partition coefficient (Wildman–Crippen LogP) is -0.00830. The summed E-state index contributed by atoms with van der Waals surface area (Å²) in [4.78, 5) is 39.9. The summed E-state index contributed by atoms with van der Waals surface area (Å²) in [6.45, 7) is 4.02. The van der Waals surface area contributed by atoms with Gasteiger partial charge in [-0.05, 0) is 32.5 Å². The van der Waals surface area contributed by atoms with E-state index >= 15 is 0 Å². The van der Waals surface area contributed by atoms with Gasteiger partial charge in [0.05, 0.1) is 6.54 Å². The van der Waals surface area contributed by atoms with Gasteiger partial charge in [-0.25, -0.2) is 0 Å². The van der Waals surface area contributed by atoms with Crippen molar-refractivity contribution in [3.05, 3.63) is 33.7 Å². The summed E-state index contributed by atoms with van der Waals surface area (Å²) in [6.07, 6.45) is 1.01. The van der Waals surface area contributed by atoms with Crippen LogP contribution in [-0.4, -0.2) is 59.9 Å². The van der Waals surface area contributed by atoms with E-state index in [1.807, 2.05) is 40.6 Å². The standard InChI is InChI=1S/C18H26N4O3/c1-12(23)19-7-17(24)21-8-13-6-15(11-21)16-5-4-14(10-20(2)3)18(25)22(16)9-13/h4-5,13,15H,6-11H2,1-3H3,(H,19,23)/t13-,15+/m0/s1. The summed E-state index contributed by atoms with van der Waals surface area (Å²) in [6, 6.07) is 3.97. The molecule has 0 radical (unpaired) electrons. The zero-order chi connectivity index (χ0) is 18.1. The van der Waals surface area contributed by atoms with E-state index in [1.54, 1.807) is 0 Å². The van der Waals surface area contributed by atoms with E-state index in [0.29, 0.717) is 32.1 Å². The first-order valence-electron chi connectivity index (χ1n) is 8.74. The van der Waals surface area contributed by atoms with Crippen molar-refractivity contribution < 1.29 is 9.59 Å². The largest absolute Gasteiger partial charge is 0.347 e. The molecule has 0 saturated carbocycles. The molecule has 3 heterocycles. The minimum Gasteiger partial charge on any atom is -0.347 e. The van der Waals surface area contributed by atoms with Gasteiger partial charge in [0.15, 0.2) is 0 Å². The molecule has 2 atom stereocenters. The molecule has 2 aliphatic heterocycles. The van der Waals surface area contributed by atoms with Crippen LogP contribution in [0.15, 0.2) is 16.9 Å². The lowest BCUT2D eigenvalue weighted by atomic mass is 9.83. The van der Waals surface area contributed by atoms with E-state index in [4.69, 9.17) is 0 Å². The number of hydrogen-bond donors (Lipinski definition) is 1. The van der Waals surface area contributed by atoms with Gasteiger partial charge >= 0.3 is 0 Å². The fourth-order valence-corrected chi connectivity index (χ4v) is 3.97. The average molecular weight is 346 g/mol. The molecule has 1 N–H and O–H groups in total. The van der Waals surface area contributed by atoms with Crippen LogP contribution in [0.5, 0.6) is 0 Å². The van der Waals surface area contributed by atoms with Crippen LogP contribution in [0.4, 0.5) is 0 Å². The normalized spacial score (nSPS) is 21.8. The lowest BCUT2D eigenvalue weighted by Gasteiger charge is -2.43. The first-order chi connectivity index (χ1) is 11.8. The molecule has 2 aliphatic rings. The van der Waals surface area contributed by atoms with Crippen LogP contribution in [0.3, 0.4) is 0 Å². The van der Waals surface area contributed by atoms with Crippen molar-refractivity contribution in [3.63, 3.8) is 0 Å². The molecule has 3 rings (SSSR count). The van der Waals surface area contributed by atoms with Gasteiger partial charge in [0.1, 0.15) is 0 Å². The number of hydrogen-bond acceptors (Lipinski definition) is 4. The number of pyridine rings is 1. The van der Waals surface area contributed by atoms with Gasteiger partial charge in [0.25, 0.3) is 5.56 Å². The van der Waals surface area contributed by atoms with Gasteiger partial charge in [-0.2, -0.15) is 0 Å². The van der Waals surface area contributed by atoms with Crippen LogP contribution < -0.4 is 10.9 Å². The summed E-state index contributed by atoms with van der Waals surface area (Å²) in [5.41, 5.74) is 1.94. The maximum atomic E-state index is 12.8. The Bertz CT molecular complexity index is 740. The maximum absolute atomic E-state index is 12.8.